The minimum atomic E-state index is 0.192. The molecule has 0 saturated heterocycles. The first-order valence-electron chi connectivity index (χ1n) is 5.42. The van der Waals surface area contributed by atoms with Gasteiger partial charge in [-0.2, -0.15) is 0 Å². The van der Waals surface area contributed by atoms with Crippen LogP contribution in [0, 0.1) is 5.92 Å². The average molecular weight is 413 g/mol. The van der Waals surface area contributed by atoms with E-state index in [0.29, 0.717) is 5.92 Å². The molecule has 0 saturated carbocycles. The number of hydrogen-bond acceptors (Lipinski definition) is 0. The Hall–Kier alpha value is 0.660. The van der Waals surface area contributed by atoms with E-state index in [0.717, 1.165) is 15.1 Å². The van der Waals surface area contributed by atoms with E-state index in [9.17, 15) is 0 Å². The molecule has 0 N–H and O–H groups in total. The second-order valence-corrected chi connectivity index (χ2v) is 6.69. The van der Waals surface area contributed by atoms with Crippen molar-refractivity contribution < 1.29 is 0 Å². The summed E-state index contributed by atoms with van der Waals surface area (Å²) in [4.78, 5) is 0. The summed E-state index contributed by atoms with van der Waals surface area (Å²) in [5, 5.41) is 1.97. The SMILES string of the molecule is CC(C)CC(CBr)(CBr)c1cccc(Br)c1. The van der Waals surface area contributed by atoms with Gasteiger partial charge >= 0.3 is 0 Å². The van der Waals surface area contributed by atoms with Crippen LogP contribution < -0.4 is 0 Å². The molecule has 0 nitrogen and oxygen atoms in total. The van der Waals surface area contributed by atoms with Crippen molar-refractivity contribution >= 4 is 47.8 Å². The van der Waals surface area contributed by atoms with Crippen LogP contribution >= 0.6 is 47.8 Å². The van der Waals surface area contributed by atoms with Crippen LogP contribution in [0.25, 0.3) is 0 Å². The predicted octanol–water partition coefficient (Wildman–Crippen LogP) is 5.52. The summed E-state index contributed by atoms with van der Waals surface area (Å²) in [5.41, 5.74) is 1.59. The van der Waals surface area contributed by atoms with Gasteiger partial charge in [-0.1, -0.05) is 73.8 Å². The number of benzene rings is 1. The largest absolute Gasteiger partial charge is 0.0918 e. The van der Waals surface area contributed by atoms with E-state index in [4.69, 9.17) is 0 Å². The first kappa shape index (κ1) is 14.7. The van der Waals surface area contributed by atoms with Crippen LogP contribution in [0.2, 0.25) is 0 Å². The molecule has 0 radical (unpaired) electrons. The van der Waals surface area contributed by atoms with Gasteiger partial charge in [0.15, 0.2) is 0 Å². The monoisotopic (exact) mass is 410 g/mol. The Balaban J connectivity index is 3.09. The molecule has 0 aliphatic carbocycles. The molecule has 1 rings (SSSR count). The van der Waals surface area contributed by atoms with Gasteiger partial charge in [0.1, 0.15) is 0 Å². The number of alkyl halides is 2. The highest BCUT2D eigenvalue weighted by Gasteiger charge is 2.30. The molecule has 0 atom stereocenters. The predicted molar refractivity (Wildman–Crippen MR) is 82.9 cm³/mol. The zero-order chi connectivity index (χ0) is 12.2. The Kier molecular flexibility index (Phi) is 6.03. The summed E-state index contributed by atoms with van der Waals surface area (Å²) in [6.45, 7) is 4.55. The van der Waals surface area contributed by atoms with Gasteiger partial charge in [-0.05, 0) is 30.0 Å². The van der Waals surface area contributed by atoms with Gasteiger partial charge in [0, 0.05) is 20.5 Å². The third-order valence-corrected chi connectivity index (χ3v) is 5.39. The fourth-order valence-electron chi connectivity index (χ4n) is 2.02. The molecule has 1 aromatic rings. The van der Waals surface area contributed by atoms with Gasteiger partial charge in [-0.25, -0.2) is 0 Å². The molecule has 1 aromatic carbocycles. The molecule has 3 heteroatoms. The molecule has 0 aromatic heterocycles. The molecule has 90 valence electrons. The lowest BCUT2D eigenvalue weighted by molar-refractivity contribution is 0.417. The molecule has 0 aliphatic heterocycles. The molecular weight excluding hydrogens is 396 g/mol. The smallest absolute Gasteiger partial charge is 0.0178 e. The second-order valence-electron chi connectivity index (χ2n) is 4.66. The van der Waals surface area contributed by atoms with E-state index in [1.165, 1.54) is 12.0 Å². The highest BCUT2D eigenvalue weighted by atomic mass is 79.9. The lowest BCUT2D eigenvalue weighted by Crippen LogP contribution is -2.32. The molecular formula is C13H17Br3. The maximum Gasteiger partial charge on any atom is 0.0178 e. The Labute approximate surface area is 124 Å². The number of hydrogen-bond donors (Lipinski definition) is 0. The van der Waals surface area contributed by atoms with Gasteiger partial charge in [0.2, 0.25) is 0 Å². The van der Waals surface area contributed by atoms with Crippen molar-refractivity contribution in [2.75, 3.05) is 10.7 Å². The van der Waals surface area contributed by atoms with Gasteiger partial charge in [-0.3, -0.25) is 0 Å². The average Bonchev–Trinajstić information content (AvgIpc) is 2.25. The van der Waals surface area contributed by atoms with Crippen LogP contribution in [0.15, 0.2) is 28.7 Å². The molecule has 16 heavy (non-hydrogen) atoms. The van der Waals surface area contributed by atoms with Crippen molar-refractivity contribution in [3.8, 4) is 0 Å². The van der Waals surface area contributed by atoms with E-state index in [1.807, 2.05) is 0 Å². The fraction of sp³-hybridized carbons (Fsp3) is 0.538. The summed E-state index contributed by atoms with van der Waals surface area (Å²) in [6.07, 6.45) is 1.18. The third-order valence-electron chi connectivity index (χ3n) is 2.75. The number of rotatable bonds is 5. The Morgan fingerprint density at radius 3 is 2.25 bits per heavy atom. The highest BCUT2D eigenvalue weighted by molar-refractivity contribution is 9.10. The van der Waals surface area contributed by atoms with Gasteiger partial charge in [0.25, 0.3) is 0 Å². The molecule has 0 fully saturated rings. The minimum Gasteiger partial charge on any atom is -0.0918 e. The van der Waals surface area contributed by atoms with Crippen molar-refractivity contribution in [2.45, 2.75) is 25.7 Å². The molecule has 0 amide bonds. The topological polar surface area (TPSA) is 0 Å². The maximum absolute atomic E-state index is 3.68. The van der Waals surface area contributed by atoms with E-state index in [-0.39, 0.29) is 5.41 Å². The zero-order valence-corrected chi connectivity index (χ0v) is 14.4. The normalized spacial score (nSPS) is 12.1. The van der Waals surface area contributed by atoms with E-state index in [1.54, 1.807) is 0 Å². The fourth-order valence-corrected chi connectivity index (χ4v) is 4.45. The minimum absolute atomic E-state index is 0.192. The lowest BCUT2D eigenvalue weighted by atomic mass is 9.78. The second kappa shape index (κ2) is 6.55. The first-order chi connectivity index (χ1) is 7.54. The van der Waals surface area contributed by atoms with E-state index in [2.05, 4.69) is 85.9 Å². The van der Waals surface area contributed by atoms with Crippen molar-refractivity contribution in [1.29, 1.82) is 0 Å². The van der Waals surface area contributed by atoms with Crippen LogP contribution in [0.4, 0.5) is 0 Å². The molecule has 0 unspecified atom stereocenters. The third kappa shape index (κ3) is 3.58. The van der Waals surface area contributed by atoms with Crippen molar-refractivity contribution in [3.63, 3.8) is 0 Å². The van der Waals surface area contributed by atoms with Crippen LogP contribution in [0.3, 0.4) is 0 Å². The van der Waals surface area contributed by atoms with Gasteiger partial charge in [0.05, 0.1) is 0 Å². The van der Waals surface area contributed by atoms with Crippen LogP contribution in [-0.4, -0.2) is 10.7 Å². The molecule has 0 heterocycles. The molecule has 0 bridgehead atoms. The van der Waals surface area contributed by atoms with Crippen LogP contribution in [0.5, 0.6) is 0 Å². The summed E-state index contributed by atoms with van der Waals surface area (Å²) in [5.74, 6) is 0.689. The molecule has 0 aliphatic rings. The maximum atomic E-state index is 3.68. The van der Waals surface area contributed by atoms with Crippen molar-refractivity contribution in [3.05, 3.63) is 34.3 Å². The summed E-state index contributed by atoms with van der Waals surface area (Å²) >= 11 is 10.9. The van der Waals surface area contributed by atoms with Crippen LogP contribution in [0.1, 0.15) is 25.8 Å². The van der Waals surface area contributed by atoms with Gasteiger partial charge < -0.3 is 0 Å². The summed E-state index contributed by atoms with van der Waals surface area (Å²) in [6, 6.07) is 8.63. The Morgan fingerprint density at radius 1 is 1.19 bits per heavy atom. The van der Waals surface area contributed by atoms with E-state index < -0.39 is 0 Å². The number of halogens is 3. The Morgan fingerprint density at radius 2 is 1.81 bits per heavy atom. The quantitative estimate of drug-likeness (QED) is 0.558. The summed E-state index contributed by atoms with van der Waals surface area (Å²) < 4.78 is 1.15. The standard InChI is InChI=1S/C13H17Br3/c1-10(2)7-13(8-14,9-15)11-4-3-5-12(16)6-11/h3-6,10H,7-9H2,1-2H3. The van der Waals surface area contributed by atoms with Crippen molar-refractivity contribution in [1.82, 2.24) is 0 Å². The summed E-state index contributed by atoms with van der Waals surface area (Å²) in [7, 11) is 0. The highest BCUT2D eigenvalue weighted by Crippen LogP contribution is 2.36. The first-order valence-corrected chi connectivity index (χ1v) is 8.45. The van der Waals surface area contributed by atoms with Gasteiger partial charge in [-0.15, -0.1) is 0 Å². The lowest BCUT2D eigenvalue weighted by Gasteiger charge is -2.32. The van der Waals surface area contributed by atoms with Crippen LogP contribution in [-0.2, 0) is 5.41 Å². The zero-order valence-electron chi connectivity index (χ0n) is 9.64. The van der Waals surface area contributed by atoms with Crippen molar-refractivity contribution in [2.24, 2.45) is 5.92 Å². The van der Waals surface area contributed by atoms with E-state index >= 15 is 0 Å². The molecule has 0 spiro atoms. The Bertz CT molecular complexity index is 330.